The van der Waals surface area contributed by atoms with Crippen molar-refractivity contribution >= 4 is 11.9 Å². The van der Waals surface area contributed by atoms with Gasteiger partial charge in [0.2, 0.25) is 5.91 Å². The normalized spacial score (nSPS) is 12.1. The van der Waals surface area contributed by atoms with Crippen molar-refractivity contribution in [3.8, 4) is 0 Å². The lowest BCUT2D eigenvalue weighted by molar-refractivity contribution is -0.142. The van der Waals surface area contributed by atoms with Crippen molar-refractivity contribution in [3.63, 3.8) is 0 Å². The first-order valence-corrected chi connectivity index (χ1v) is 4.69. The van der Waals surface area contributed by atoms with E-state index in [9.17, 15) is 9.59 Å². The molecule has 1 amide bonds. The number of amides is 1. The molecule has 0 saturated carbocycles. The Morgan fingerprint density at radius 3 is 2.88 bits per heavy atom. The number of nitrogens with one attached hydrogen (secondary N) is 1. The van der Waals surface area contributed by atoms with Crippen LogP contribution in [0.15, 0.2) is 22.8 Å². The van der Waals surface area contributed by atoms with E-state index < -0.39 is 17.9 Å². The zero-order valence-electron chi connectivity index (χ0n) is 8.80. The maximum Gasteiger partial charge on any atom is 0.334 e. The van der Waals surface area contributed by atoms with E-state index >= 15 is 0 Å². The molecule has 0 saturated heterocycles. The Kier molecular flexibility index (Phi) is 4.53. The molecular weight excluding hydrogens is 214 g/mol. The van der Waals surface area contributed by atoms with E-state index in [-0.39, 0.29) is 18.8 Å². The molecule has 88 valence electrons. The lowest BCUT2D eigenvalue weighted by atomic mass is 10.2. The summed E-state index contributed by atoms with van der Waals surface area (Å²) in [4.78, 5) is 22.2. The molecule has 6 heteroatoms. The number of rotatable bonds is 6. The Hall–Kier alpha value is -1.82. The van der Waals surface area contributed by atoms with Crippen LogP contribution in [0, 0.1) is 0 Å². The monoisotopic (exact) mass is 227 g/mol. The summed E-state index contributed by atoms with van der Waals surface area (Å²) in [6, 6.07) is 1.90. The third-order valence-corrected chi connectivity index (χ3v) is 1.91. The number of carboxylic acid groups (broad SMARTS) is 1. The predicted octanol–water partition coefficient (Wildman–Crippen LogP) is 0.558. The van der Waals surface area contributed by atoms with E-state index in [0.717, 1.165) is 0 Å². The molecule has 1 atom stereocenters. The van der Waals surface area contributed by atoms with Gasteiger partial charge in [-0.25, -0.2) is 4.79 Å². The van der Waals surface area contributed by atoms with Gasteiger partial charge in [-0.3, -0.25) is 4.79 Å². The van der Waals surface area contributed by atoms with E-state index in [2.05, 4.69) is 5.32 Å². The van der Waals surface area contributed by atoms with Gasteiger partial charge in [-0.2, -0.15) is 0 Å². The largest absolute Gasteiger partial charge is 0.479 e. The van der Waals surface area contributed by atoms with Crippen LogP contribution in [-0.4, -0.2) is 30.7 Å². The fourth-order valence-corrected chi connectivity index (χ4v) is 1.14. The zero-order chi connectivity index (χ0) is 12.0. The predicted molar refractivity (Wildman–Crippen MR) is 53.7 cm³/mol. The summed E-state index contributed by atoms with van der Waals surface area (Å²) in [5, 5.41) is 11.3. The average Bonchev–Trinajstić information content (AvgIpc) is 2.75. The van der Waals surface area contributed by atoms with Gasteiger partial charge >= 0.3 is 5.97 Å². The summed E-state index contributed by atoms with van der Waals surface area (Å²) >= 11 is 0. The molecule has 0 spiro atoms. The van der Waals surface area contributed by atoms with E-state index in [1.54, 1.807) is 6.07 Å². The SMILES string of the molecule is COCCC(=O)NC(C(=O)O)c1ccco1. The van der Waals surface area contributed by atoms with E-state index in [1.807, 2.05) is 0 Å². The molecule has 0 aliphatic rings. The van der Waals surface area contributed by atoms with Gasteiger partial charge in [-0.15, -0.1) is 0 Å². The van der Waals surface area contributed by atoms with Crippen LogP contribution in [0.2, 0.25) is 0 Å². The highest BCUT2D eigenvalue weighted by molar-refractivity contribution is 5.84. The molecule has 0 aliphatic heterocycles. The summed E-state index contributed by atoms with van der Waals surface area (Å²) in [6.45, 7) is 0.246. The van der Waals surface area contributed by atoms with Crippen LogP contribution in [0.1, 0.15) is 18.2 Å². The smallest absolute Gasteiger partial charge is 0.334 e. The van der Waals surface area contributed by atoms with E-state index in [4.69, 9.17) is 14.3 Å². The lowest BCUT2D eigenvalue weighted by Crippen LogP contribution is -2.33. The van der Waals surface area contributed by atoms with E-state index in [1.165, 1.54) is 19.4 Å². The third kappa shape index (κ3) is 3.39. The Balaban J connectivity index is 2.59. The minimum Gasteiger partial charge on any atom is -0.479 e. The number of hydrogen-bond donors (Lipinski definition) is 2. The first kappa shape index (κ1) is 12.3. The Morgan fingerprint density at radius 1 is 1.62 bits per heavy atom. The maximum absolute atomic E-state index is 11.3. The van der Waals surface area contributed by atoms with Gasteiger partial charge in [-0.05, 0) is 12.1 Å². The molecule has 0 aromatic carbocycles. The molecule has 1 aromatic rings. The highest BCUT2D eigenvalue weighted by atomic mass is 16.5. The molecule has 0 fully saturated rings. The zero-order valence-corrected chi connectivity index (χ0v) is 8.80. The molecule has 0 bridgehead atoms. The van der Waals surface area contributed by atoms with Crippen LogP contribution in [-0.2, 0) is 14.3 Å². The quantitative estimate of drug-likeness (QED) is 0.741. The first-order valence-electron chi connectivity index (χ1n) is 4.69. The maximum atomic E-state index is 11.3. The average molecular weight is 227 g/mol. The summed E-state index contributed by atoms with van der Waals surface area (Å²) in [5.74, 6) is -1.37. The van der Waals surface area contributed by atoms with Gasteiger partial charge in [0.05, 0.1) is 12.9 Å². The number of hydrogen-bond acceptors (Lipinski definition) is 4. The number of carboxylic acids is 1. The van der Waals surface area contributed by atoms with Crippen LogP contribution in [0.25, 0.3) is 0 Å². The van der Waals surface area contributed by atoms with Crippen molar-refractivity contribution in [2.75, 3.05) is 13.7 Å². The lowest BCUT2D eigenvalue weighted by Gasteiger charge is -2.11. The first-order chi connectivity index (χ1) is 7.65. The second kappa shape index (κ2) is 5.92. The molecule has 2 N–H and O–H groups in total. The molecule has 6 nitrogen and oxygen atoms in total. The van der Waals surface area contributed by atoms with Crippen molar-refractivity contribution < 1.29 is 23.8 Å². The number of methoxy groups -OCH3 is 1. The molecular formula is C10H13NO5. The topological polar surface area (TPSA) is 88.8 Å². The second-order valence-electron chi connectivity index (χ2n) is 3.10. The Bertz CT molecular complexity index is 346. The minimum absolute atomic E-state index is 0.112. The third-order valence-electron chi connectivity index (χ3n) is 1.91. The number of carbonyl (C=O) groups is 2. The minimum atomic E-state index is -1.17. The molecule has 1 heterocycles. The fourth-order valence-electron chi connectivity index (χ4n) is 1.14. The Morgan fingerprint density at radius 2 is 2.38 bits per heavy atom. The highest BCUT2D eigenvalue weighted by Crippen LogP contribution is 2.13. The van der Waals surface area contributed by atoms with Crippen molar-refractivity contribution in [2.24, 2.45) is 0 Å². The standard InChI is InChI=1S/C10H13NO5/c1-15-6-4-8(12)11-9(10(13)14)7-3-2-5-16-7/h2-3,5,9H,4,6H2,1H3,(H,11,12)(H,13,14). The van der Waals surface area contributed by atoms with Gasteiger partial charge in [0.1, 0.15) is 5.76 Å². The summed E-state index contributed by atoms with van der Waals surface area (Å²) < 4.78 is 9.65. The van der Waals surface area contributed by atoms with Crippen LogP contribution in [0.5, 0.6) is 0 Å². The molecule has 16 heavy (non-hydrogen) atoms. The molecule has 0 aliphatic carbocycles. The number of aliphatic carboxylic acids is 1. The summed E-state index contributed by atoms with van der Waals surface area (Å²) in [5.41, 5.74) is 0. The molecule has 1 aromatic heterocycles. The van der Waals surface area contributed by atoms with Crippen molar-refractivity contribution in [1.29, 1.82) is 0 Å². The van der Waals surface area contributed by atoms with Crippen LogP contribution in [0.3, 0.4) is 0 Å². The Labute approximate surface area is 92.2 Å². The van der Waals surface area contributed by atoms with Crippen molar-refractivity contribution in [2.45, 2.75) is 12.5 Å². The molecule has 1 unspecified atom stereocenters. The van der Waals surface area contributed by atoms with Crippen molar-refractivity contribution in [3.05, 3.63) is 24.2 Å². The number of furan rings is 1. The number of ether oxygens (including phenoxy) is 1. The highest BCUT2D eigenvalue weighted by Gasteiger charge is 2.24. The van der Waals surface area contributed by atoms with Gasteiger partial charge in [0.15, 0.2) is 6.04 Å². The van der Waals surface area contributed by atoms with Gasteiger partial charge < -0.3 is 19.6 Å². The van der Waals surface area contributed by atoms with E-state index in [0.29, 0.717) is 0 Å². The summed E-state index contributed by atoms with van der Waals surface area (Å²) in [6.07, 6.45) is 1.47. The van der Waals surface area contributed by atoms with Gasteiger partial charge in [0, 0.05) is 13.5 Å². The van der Waals surface area contributed by atoms with Gasteiger partial charge in [-0.1, -0.05) is 0 Å². The molecule has 0 radical (unpaired) electrons. The van der Waals surface area contributed by atoms with Crippen LogP contribution >= 0.6 is 0 Å². The molecule has 1 rings (SSSR count). The second-order valence-corrected chi connectivity index (χ2v) is 3.10. The van der Waals surface area contributed by atoms with Crippen molar-refractivity contribution in [1.82, 2.24) is 5.32 Å². The van der Waals surface area contributed by atoms with Crippen LogP contribution < -0.4 is 5.32 Å². The fraction of sp³-hybridized carbons (Fsp3) is 0.400. The van der Waals surface area contributed by atoms with Crippen LogP contribution in [0.4, 0.5) is 0 Å². The summed E-state index contributed by atoms with van der Waals surface area (Å²) in [7, 11) is 1.47. The number of carbonyl (C=O) groups excluding carboxylic acids is 1. The van der Waals surface area contributed by atoms with Gasteiger partial charge in [0.25, 0.3) is 0 Å².